The normalized spacial score (nSPS) is 17.7. The summed E-state index contributed by atoms with van der Waals surface area (Å²) in [5.74, 6) is -1.36. The van der Waals surface area contributed by atoms with Crippen molar-refractivity contribution in [1.29, 1.82) is 0 Å². The van der Waals surface area contributed by atoms with Crippen molar-refractivity contribution in [2.75, 3.05) is 5.32 Å². The van der Waals surface area contributed by atoms with Gasteiger partial charge in [-0.05, 0) is 25.0 Å². The number of carboxylic acid groups (broad SMARTS) is 1. The van der Waals surface area contributed by atoms with Crippen LogP contribution in [0.25, 0.3) is 0 Å². The number of carboxylic acids is 1. The molecule has 1 aromatic rings. The van der Waals surface area contributed by atoms with Crippen LogP contribution in [0.4, 0.5) is 5.69 Å². The third-order valence-electron chi connectivity index (χ3n) is 3.60. The van der Waals surface area contributed by atoms with Crippen molar-refractivity contribution in [3.63, 3.8) is 0 Å². The van der Waals surface area contributed by atoms with Crippen molar-refractivity contribution >= 4 is 17.6 Å². The Labute approximate surface area is 111 Å². The first kappa shape index (κ1) is 13.5. The van der Waals surface area contributed by atoms with E-state index >= 15 is 0 Å². The number of carbonyl (C=O) groups is 2. The Morgan fingerprint density at radius 3 is 2.42 bits per heavy atom. The summed E-state index contributed by atoms with van der Waals surface area (Å²) in [5.41, 5.74) is 5.63. The predicted molar refractivity (Wildman–Crippen MR) is 72.0 cm³/mol. The molecule has 1 aliphatic rings. The van der Waals surface area contributed by atoms with Crippen LogP contribution in [0, 0.1) is 0 Å². The number of nitrogens with two attached hydrogens (primary N) is 1. The highest BCUT2D eigenvalue weighted by atomic mass is 16.4. The number of hydrogen-bond donors (Lipinski definition) is 3. The molecule has 0 unspecified atom stereocenters. The molecule has 2 rings (SSSR count). The summed E-state index contributed by atoms with van der Waals surface area (Å²) in [5, 5.41) is 11.7. The lowest BCUT2D eigenvalue weighted by atomic mass is 9.82. The van der Waals surface area contributed by atoms with Gasteiger partial charge in [0.05, 0.1) is 16.8 Å². The SMILES string of the molecule is NC1(C(=O)Nc2ccccc2C(=O)O)CCCCC1. The summed E-state index contributed by atoms with van der Waals surface area (Å²) in [6, 6.07) is 6.35. The number of benzene rings is 1. The quantitative estimate of drug-likeness (QED) is 0.776. The number of amides is 1. The lowest BCUT2D eigenvalue weighted by molar-refractivity contribution is -0.122. The second kappa shape index (κ2) is 5.40. The standard InChI is InChI=1S/C14H18N2O3/c15-14(8-4-1-5-9-14)13(19)16-11-7-3-2-6-10(11)12(17)18/h2-3,6-7H,1,4-5,8-9,15H2,(H,16,19)(H,17,18). The molecule has 0 saturated heterocycles. The number of carbonyl (C=O) groups excluding carboxylic acids is 1. The summed E-state index contributed by atoms with van der Waals surface area (Å²) in [6.07, 6.45) is 4.26. The van der Waals surface area contributed by atoms with Gasteiger partial charge in [0, 0.05) is 0 Å². The first-order chi connectivity index (χ1) is 9.03. The minimum atomic E-state index is -1.06. The van der Waals surface area contributed by atoms with E-state index in [1.807, 2.05) is 0 Å². The first-order valence-electron chi connectivity index (χ1n) is 6.45. The molecule has 0 spiro atoms. The van der Waals surface area contributed by atoms with Crippen molar-refractivity contribution in [1.82, 2.24) is 0 Å². The summed E-state index contributed by atoms with van der Waals surface area (Å²) >= 11 is 0. The number of aromatic carboxylic acids is 1. The lowest BCUT2D eigenvalue weighted by Gasteiger charge is -2.31. The Bertz CT molecular complexity index is 493. The molecule has 5 heteroatoms. The Morgan fingerprint density at radius 2 is 1.79 bits per heavy atom. The van der Waals surface area contributed by atoms with E-state index < -0.39 is 11.5 Å². The Kier molecular flexibility index (Phi) is 3.85. The van der Waals surface area contributed by atoms with Gasteiger partial charge < -0.3 is 16.2 Å². The van der Waals surface area contributed by atoms with Gasteiger partial charge in [-0.1, -0.05) is 31.4 Å². The van der Waals surface area contributed by atoms with E-state index in [4.69, 9.17) is 10.8 Å². The highest BCUT2D eigenvalue weighted by Crippen LogP contribution is 2.27. The third kappa shape index (κ3) is 2.93. The van der Waals surface area contributed by atoms with E-state index in [1.54, 1.807) is 18.2 Å². The third-order valence-corrected chi connectivity index (χ3v) is 3.60. The average Bonchev–Trinajstić information content (AvgIpc) is 2.40. The van der Waals surface area contributed by atoms with Gasteiger partial charge in [0.2, 0.25) is 5.91 Å². The van der Waals surface area contributed by atoms with Crippen molar-refractivity contribution < 1.29 is 14.7 Å². The van der Waals surface area contributed by atoms with Crippen LogP contribution in [0.15, 0.2) is 24.3 Å². The maximum atomic E-state index is 12.2. The number of hydrogen-bond acceptors (Lipinski definition) is 3. The molecule has 0 bridgehead atoms. The maximum Gasteiger partial charge on any atom is 0.337 e. The molecule has 1 aromatic carbocycles. The fourth-order valence-corrected chi connectivity index (χ4v) is 2.44. The van der Waals surface area contributed by atoms with E-state index in [0.29, 0.717) is 18.5 Å². The lowest BCUT2D eigenvalue weighted by Crippen LogP contribution is -2.52. The zero-order valence-corrected chi connectivity index (χ0v) is 10.7. The molecule has 0 aliphatic heterocycles. The Morgan fingerprint density at radius 1 is 1.16 bits per heavy atom. The molecule has 4 N–H and O–H groups in total. The second-order valence-electron chi connectivity index (χ2n) is 5.02. The molecule has 1 fully saturated rings. The minimum Gasteiger partial charge on any atom is -0.478 e. The highest BCUT2D eigenvalue weighted by molar-refractivity contribution is 6.03. The molecule has 1 saturated carbocycles. The molecule has 0 aromatic heterocycles. The van der Waals surface area contributed by atoms with Gasteiger partial charge in [-0.2, -0.15) is 0 Å². The van der Waals surface area contributed by atoms with Gasteiger partial charge in [0.1, 0.15) is 0 Å². The molecule has 19 heavy (non-hydrogen) atoms. The van der Waals surface area contributed by atoms with Crippen LogP contribution >= 0.6 is 0 Å². The smallest absolute Gasteiger partial charge is 0.337 e. The molecule has 0 heterocycles. The monoisotopic (exact) mass is 262 g/mol. The molecule has 1 aliphatic carbocycles. The fraction of sp³-hybridized carbons (Fsp3) is 0.429. The van der Waals surface area contributed by atoms with Crippen LogP contribution in [-0.2, 0) is 4.79 Å². The van der Waals surface area contributed by atoms with Gasteiger partial charge >= 0.3 is 5.97 Å². The van der Waals surface area contributed by atoms with E-state index in [2.05, 4.69) is 5.32 Å². The Hall–Kier alpha value is -1.88. The van der Waals surface area contributed by atoms with Crippen molar-refractivity contribution in [3.05, 3.63) is 29.8 Å². The van der Waals surface area contributed by atoms with Crippen LogP contribution in [-0.4, -0.2) is 22.5 Å². The largest absolute Gasteiger partial charge is 0.478 e. The van der Waals surface area contributed by atoms with Gasteiger partial charge in [-0.15, -0.1) is 0 Å². The van der Waals surface area contributed by atoms with Crippen molar-refractivity contribution in [2.24, 2.45) is 5.73 Å². The zero-order valence-electron chi connectivity index (χ0n) is 10.7. The zero-order chi connectivity index (χ0) is 13.9. The number of nitrogens with one attached hydrogen (secondary N) is 1. The molecule has 0 atom stereocenters. The van der Waals surface area contributed by atoms with Gasteiger partial charge in [-0.25, -0.2) is 4.79 Å². The summed E-state index contributed by atoms with van der Waals surface area (Å²) in [7, 11) is 0. The number of para-hydroxylation sites is 1. The molecule has 0 radical (unpaired) electrons. The fourth-order valence-electron chi connectivity index (χ4n) is 2.44. The molecule has 1 amide bonds. The van der Waals surface area contributed by atoms with Gasteiger partial charge in [0.25, 0.3) is 0 Å². The van der Waals surface area contributed by atoms with Crippen LogP contribution in [0.5, 0.6) is 0 Å². The van der Waals surface area contributed by atoms with E-state index in [1.165, 1.54) is 6.07 Å². The van der Waals surface area contributed by atoms with Crippen molar-refractivity contribution in [3.8, 4) is 0 Å². The molecular formula is C14H18N2O3. The molecular weight excluding hydrogens is 244 g/mol. The van der Waals surface area contributed by atoms with Crippen LogP contribution in [0.3, 0.4) is 0 Å². The van der Waals surface area contributed by atoms with E-state index in [-0.39, 0.29) is 11.5 Å². The van der Waals surface area contributed by atoms with Crippen molar-refractivity contribution in [2.45, 2.75) is 37.6 Å². The predicted octanol–water partition coefficient (Wildman–Crippen LogP) is 1.98. The highest BCUT2D eigenvalue weighted by Gasteiger charge is 2.35. The van der Waals surface area contributed by atoms with Crippen LogP contribution < -0.4 is 11.1 Å². The minimum absolute atomic E-state index is 0.0789. The number of rotatable bonds is 3. The second-order valence-corrected chi connectivity index (χ2v) is 5.02. The summed E-state index contributed by atoms with van der Waals surface area (Å²) < 4.78 is 0. The summed E-state index contributed by atoms with van der Waals surface area (Å²) in [6.45, 7) is 0. The molecule has 102 valence electrons. The topological polar surface area (TPSA) is 92.4 Å². The van der Waals surface area contributed by atoms with Crippen LogP contribution in [0.1, 0.15) is 42.5 Å². The van der Waals surface area contributed by atoms with Gasteiger partial charge in [-0.3, -0.25) is 4.79 Å². The van der Waals surface area contributed by atoms with Crippen LogP contribution in [0.2, 0.25) is 0 Å². The maximum absolute atomic E-state index is 12.2. The molecule has 5 nitrogen and oxygen atoms in total. The van der Waals surface area contributed by atoms with E-state index in [0.717, 1.165) is 19.3 Å². The van der Waals surface area contributed by atoms with Gasteiger partial charge in [0.15, 0.2) is 0 Å². The summed E-state index contributed by atoms with van der Waals surface area (Å²) in [4.78, 5) is 23.3. The number of anilines is 1. The first-order valence-corrected chi connectivity index (χ1v) is 6.45. The average molecular weight is 262 g/mol. The Balaban J connectivity index is 2.17. The van der Waals surface area contributed by atoms with E-state index in [9.17, 15) is 9.59 Å².